The average Bonchev–Trinajstić information content (AvgIpc) is 2.42. The molecule has 104 valence electrons. The zero-order chi connectivity index (χ0) is 14.5. The van der Waals surface area contributed by atoms with Crippen molar-refractivity contribution < 1.29 is 4.79 Å². The standard InChI is InChI=1S/C14H13BrClN3O/c1-2-17-10-5-6-18-13(8-10)14(20)19-12-4-3-9(15)7-11(12)16/h3-8H,2H2,1H3,(H,17,18)(H,19,20). The highest BCUT2D eigenvalue weighted by atomic mass is 79.9. The second kappa shape index (κ2) is 6.72. The van der Waals surface area contributed by atoms with Crippen LogP contribution in [-0.4, -0.2) is 17.4 Å². The Morgan fingerprint density at radius 3 is 2.85 bits per heavy atom. The molecule has 20 heavy (non-hydrogen) atoms. The summed E-state index contributed by atoms with van der Waals surface area (Å²) in [6, 6.07) is 8.78. The summed E-state index contributed by atoms with van der Waals surface area (Å²) in [5.41, 5.74) is 1.74. The van der Waals surface area contributed by atoms with E-state index in [-0.39, 0.29) is 5.91 Å². The summed E-state index contributed by atoms with van der Waals surface area (Å²) in [5.74, 6) is -0.297. The molecule has 0 atom stereocenters. The number of pyridine rings is 1. The van der Waals surface area contributed by atoms with Gasteiger partial charge in [0.1, 0.15) is 5.69 Å². The van der Waals surface area contributed by atoms with Crippen molar-refractivity contribution >= 4 is 44.8 Å². The van der Waals surface area contributed by atoms with E-state index in [1.54, 1.807) is 24.4 Å². The summed E-state index contributed by atoms with van der Waals surface area (Å²) in [6.07, 6.45) is 1.59. The average molecular weight is 355 g/mol. The molecule has 1 amide bonds. The van der Waals surface area contributed by atoms with Crippen LogP contribution in [0.2, 0.25) is 5.02 Å². The maximum atomic E-state index is 12.1. The van der Waals surface area contributed by atoms with Crippen molar-refractivity contribution in [3.63, 3.8) is 0 Å². The Kier molecular flexibility index (Phi) is 4.98. The Labute approximate surface area is 130 Å². The minimum Gasteiger partial charge on any atom is -0.385 e. The molecule has 1 heterocycles. The lowest BCUT2D eigenvalue weighted by Crippen LogP contribution is -2.14. The smallest absolute Gasteiger partial charge is 0.274 e. The van der Waals surface area contributed by atoms with Crippen molar-refractivity contribution in [2.24, 2.45) is 0 Å². The summed E-state index contributed by atoms with van der Waals surface area (Å²) in [5, 5.41) is 6.34. The molecule has 0 saturated heterocycles. The molecule has 0 saturated carbocycles. The normalized spacial score (nSPS) is 10.2. The molecule has 0 spiro atoms. The first-order valence-electron chi connectivity index (χ1n) is 6.06. The van der Waals surface area contributed by atoms with Crippen molar-refractivity contribution in [1.29, 1.82) is 0 Å². The molecule has 1 aromatic heterocycles. The Morgan fingerprint density at radius 2 is 2.15 bits per heavy atom. The lowest BCUT2D eigenvalue weighted by molar-refractivity contribution is 0.102. The van der Waals surface area contributed by atoms with Gasteiger partial charge >= 0.3 is 0 Å². The van der Waals surface area contributed by atoms with E-state index in [2.05, 4.69) is 31.5 Å². The number of rotatable bonds is 4. The Hall–Kier alpha value is -1.59. The molecule has 0 unspecified atom stereocenters. The van der Waals surface area contributed by atoms with Gasteiger partial charge in [-0.2, -0.15) is 0 Å². The lowest BCUT2D eigenvalue weighted by atomic mass is 10.2. The largest absolute Gasteiger partial charge is 0.385 e. The van der Waals surface area contributed by atoms with Gasteiger partial charge in [-0.3, -0.25) is 9.78 Å². The highest BCUT2D eigenvalue weighted by Crippen LogP contribution is 2.26. The van der Waals surface area contributed by atoms with E-state index in [1.807, 2.05) is 19.1 Å². The van der Waals surface area contributed by atoms with Crippen molar-refractivity contribution in [3.8, 4) is 0 Å². The highest BCUT2D eigenvalue weighted by Gasteiger charge is 2.10. The summed E-state index contributed by atoms with van der Waals surface area (Å²) >= 11 is 9.38. The van der Waals surface area contributed by atoms with E-state index in [0.717, 1.165) is 16.7 Å². The fraction of sp³-hybridized carbons (Fsp3) is 0.143. The molecule has 0 aliphatic carbocycles. The summed E-state index contributed by atoms with van der Waals surface area (Å²) in [6.45, 7) is 2.77. The number of carbonyl (C=O) groups excluding carboxylic acids is 1. The fourth-order valence-corrected chi connectivity index (χ4v) is 2.37. The van der Waals surface area contributed by atoms with Gasteiger partial charge in [-0.1, -0.05) is 27.5 Å². The van der Waals surface area contributed by atoms with E-state index >= 15 is 0 Å². The summed E-state index contributed by atoms with van der Waals surface area (Å²) in [7, 11) is 0. The summed E-state index contributed by atoms with van der Waals surface area (Å²) < 4.78 is 0.854. The van der Waals surface area contributed by atoms with Crippen molar-refractivity contribution in [3.05, 3.63) is 51.7 Å². The number of carbonyl (C=O) groups is 1. The van der Waals surface area contributed by atoms with Crippen LogP contribution in [0, 0.1) is 0 Å². The third-order valence-corrected chi connectivity index (χ3v) is 3.36. The number of hydrogen-bond acceptors (Lipinski definition) is 3. The topological polar surface area (TPSA) is 54.0 Å². The van der Waals surface area contributed by atoms with Crippen LogP contribution in [0.25, 0.3) is 0 Å². The third-order valence-electron chi connectivity index (χ3n) is 2.55. The molecule has 4 nitrogen and oxygen atoms in total. The second-order valence-electron chi connectivity index (χ2n) is 4.04. The molecule has 2 N–H and O–H groups in total. The quantitative estimate of drug-likeness (QED) is 0.866. The molecule has 2 aromatic rings. The van der Waals surface area contributed by atoms with Crippen molar-refractivity contribution in [2.45, 2.75) is 6.92 Å². The van der Waals surface area contributed by atoms with Crippen LogP contribution in [0.15, 0.2) is 41.0 Å². The predicted molar refractivity (Wildman–Crippen MR) is 85.5 cm³/mol. The molecule has 0 aliphatic rings. The molecule has 0 radical (unpaired) electrons. The van der Waals surface area contributed by atoms with E-state index in [4.69, 9.17) is 11.6 Å². The van der Waals surface area contributed by atoms with Gasteiger partial charge in [0.2, 0.25) is 0 Å². The number of aromatic nitrogens is 1. The second-order valence-corrected chi connectivity index (χ2v) is 5.36. The molecule has 0 aliphatic heterocycles. The SMILES string of the molecule is CCNc1ccnc(C(=O)Nc2ccc(Br)cc2Cl)c1. The molecular weight excluding hydrogens is 342 g/mol. The van der Waals surface area contributed by atoms with Gasteiger partial charge in [0.25, 0.3) is 5.91 Å². The van der Waals surface area contributed by atoms with Gasteiger partial charge in [-0.25, -0.2) is 0 Å². The zero-order valence-corrected chi connectivity index (χ0v) is 13.1. The monoisotopic (exact) mass is 353 g/mol. The van der Waals surface area contributed by atoms with Crippen LogP contribution >= 0.6 is 27.5 Å². The van der Waals surface area contributed by atoms with Crippen LogP contribution in [0.3, 0.4) is 0 Å². The number of nitrogens with zero attached hydrogens (tertiary/aromatic N) is 1. The van der Waals surface area contributed by atoms with Gasteiger partial charge in [-0.15, -0.1) is 0 Å². The van der Waals surface area contributed by atoms with Crippen LogP contribution in [-0.2, 0) is 0 Å². The van der Waals surface area contributed by atoms with Crippen LogP contribution < -0.4 is 10.6 Å². The van der Waals surface area contributed by atoms with Crippen LogP contribution in [0.1, 0.15) is 17.4 Å². The van der Waals surface area contributed by atoms with Gasteiger partial charge in [0.15, 0.2) is 0 Å². The van der Waals surface area contributed by atoms with E-state index in [9.17, 15) is 4.79 Å². The fourth-order valence-electron chi connectivity index (χ4n) is 1.65. The number of anilines is 2. The lowest BCUT2D eigenvalue weighted by Gasteiger charge is -2.08. The Morgan fingerprint density at radius 1 is 1.35 bits per heavy atom. The first-order valence-corrected chi connectivity index (χ1v) is 7.23. The molecule has 0 fully saturated rings. The number of nitrogens with one attached hydrogen (secondary N) is 2. The van der Waals surface area contributed by atoms with Gasteiger partial charge in [-0.05, 0) is 37.3 Å². The number of hydrogen-bond donors (Lipinski definition) is 2. The minimum atomic E-state index is -0.297. The number of benzene rings is 1. The highest BCUT2D eigenvalue weighted by molar-refractivity contribution is 9.10. The van der Waals surface area contributed by atoms with E-state index in [1.165, 1.54) is 0 Å². The maximum absolute atomic E-state index is 12.1. The molecule has 2 rings (SSSR count). The minimum absolute atomic E-state index is 0.297. The first-order chi connectivity index (χ1) is 9.60. The maximum Gasteiger partial charge on any atom is 0.274 e. The predicted octanol–water partition coefficient (Wildman–Crippen LogP) is 4.18. The Balaban J connectivity index is 2.17. The van der Waals surface area contributed by atoms with Gasteiger partial charge in [0.05, 0.1) is 10.7 Å². The number of halogens is 2. The zero-order valence-electron chi connectivity index (χ0n) is 10.8. The first kappa shape index (κ1) is 14.8. The molecular formula is C14H13BrClN3O. The Bertz CT molecular complexity index is 634. The molecule has 1 aromatic carbocycles. The van der Waals surface area contributed by atoms with Crippen LogP contribution in [0.4, 0.5) is 11.4 Å². The van der Waals surface area contributed by atoms with Gasteiger partial charge < -0.3 is 10.6 Å². The molecule has 6 heteroatoms. The number of amides is 1. The van der Waals surface area contributed by atoms with E-state index in [0.29, 0.717) is 16.4 Å². The summed E-state index contributed by atoms with van der Waals surface area (Å²) in [4.78, 5) is 16.2. The van der Waals surface area contributed by atoms with Crippen molar-refractivity contribution in [2.75, 3.05) is 17.2 Å². The van der Waals surface area contributed by atoms with Crippen molar-refractivity contribution in [1.82, 2.24) is 4.98 Å². The molecule has 0 bridgehead atoms. The van der Waals surface area contributed by atoms with Gasteiger partial charge in [0, 0.05) is 22.9 Å². The van der Waals surface area contributed by atoms with E-state index < -0.39 is 0 Å². The van der Waals surface area contributed by atoms with Crippen LogP contribution in [0.5, 0.6) is 0 Å². The third kappa shape index (κ3) is 3.71.